The smallest absolute Gasteiger partial charge is 0.238 e. The molecule has 2 aromatic carbocycles. The number of rotatable bonds is 5. The Labute approximate surface area is 190 Å². The van der Waals surface area contributed by atoms with Gasteiger partial charge in [-0.2, -0.15) is 0 Å². The summed E-state index contributed by atoms with van der Waals surface area (Å²) in [5.74, 6) is 1.62. The molecule has 32 heavy (non-hydrogen) atoms. The van der Waals surface area contributed by atoms with Crippen molar-refractivity contribution in [2.75, 3.05) is 38.3 Å². The number of nitrogens with zero attached hydrogens (tertiary/aromatic N) is 4. The molecule has 9 heteroatoms. The van der Waals surface area contributed by atoms with Crippen LogP contribution in [0.5, 0.6) is 5.75 Å². The Balaban J connectivity index is 1.50. The molecule has 166 valence electrons. The zero-order chi connectivity index (χ0) is 21.9. The summed E-state index contributed by atoms with van der Waals surface area (Å²) in [5.41, 5.74) is 5.50. The molecule has 8 nitrogen and oxygen atoms in total. The molecule has 2 aliphatic rings. The Hall–Kier alpha value is -3.04. The van der Waals surface area contributed by atoms with Gasteiger partial charge in [-0.3, -0.25) is 4.79 Å². The number of thioether (sulfide) groups is 1. The van der Waals surface area contributed by atoms with Crippen LogP contribution in [0.2, 0.25) is 0 Å². The van der Waals surface area contributed by atoms with Crippen molar-refractivity contribution in [2.24, 2.45) is 0 Å². The minimum absolute atomic E-state index is 0.0835. The van der Waals surface area contributed by atoms with E-state index in [4.69, 9.17) is 9.47 Å². The number of fused-ring (bicyclic) bond motifs is 1. The van der Waals surface area contributed by atoms with Crippen LogP contribution in [0, 0.1) is 0 Å². The molecule has 1 amide bonds. The van der Waals surface area contributed by atoms with E-state index in [0.717, 1.165) is 22.7 Å². The van der Waals surface area contributed by atoms with E-state index in [-0.39, 0.29) is 17.2 Å². The summed E-state index contributed by atoms with van der Waals surface area (Å²) in [6, 6.07) is 17.6. The summed E-state index contributed by atoms with van der Waals surface area (Å²) in [6.45, 7) is 4.92. The van der Waals surface area contributed by atoms with Gasteiger partial charge in [-0.25, -0.2) is 4.68 Å². The van der Waals surface area contributed by atoms with Gasteiger partial charge in [-0.1, -0.05) is 54.2 Å². The fourth-order valence-electron chi connectivity index (χ4n) is 3.97. The maximum absolute atomic E-state index is 13.5. The average Bonchev–Trinajstić information content (AvgIpc) is 3.27. The van der Waals surface area contributed by atoms with E-state index in [1.807, 2.05) is 71.1 Å². The number of carbonyl (C=O) groups excluding carboxylic acids is 1. The van der Waals surface area contributed by atoms with Crippen LogP contribution in [0.1, 0.15) is 18.5 Å². The summed E-state index contributed by atoms with van der Waals surface area (Å²) in [4.78, 5) is 15.4. The van der Waals surface area contributed by atoms with Crippen LogP contribution in [-0.4, -0.2) is 63.8 Å². The monoisotopic (exact) mass is 451 g/mol. The zero-order valence-corrected chi connectivity index (χ0v) is 18.6. The first kappa shape index (κ1) is 20.8. The molecular weight excluding hydrogens is 426 g/mol. The predicted octanol–water partition coefficient (Wildman–Crippen LogP) is 2.96. The Morgan fingerprint density at radius 2 is 1.88 bits per heavy atom. The maximum Gasteiger partial charge on any atom is 0.238 e. The molecule has 2 atom stereocenters. The van der Waals surface area contributed by atoms with Crippen molar-refractivity contribution in [2.45, 2.75) is 23.4 Å². The second-order valence-corrected chi connectivity index (χ2v) is 8.70. The topological polar surface area (TPSA) is 81.5 Å². The first-order valence-corrected chi connectivity index (χ1v) is 11.7. The second kappa shape index (κ2) is 9.22. The lowest BCUT2D eigenvalue weighted by Gasteiger charge is -2.37. The van der Waals surface area contributed by atoms with Gasteiger partial charge in [0.25, 0.3) is 0 Å². The van der Waals surface area contributed by atoms with Crippen LogP contribution >= 0.6 is 11.8 Å². The Kier molecular flexibility index (Phi) is 6.00. The van der Waals surface area contributed by atoms with Gasteiger partial charge < -0.3 is 19.8 Å². The van der Waals surface area contributed by atoms with E-state index in [1.54, 1.807) is 0 Å². The van der Waals surface area contributed by atoms with Gasteiger partial charge >= 0.3 is 0 Å². The minimum Gasteiger partial charge on any atom is -0.494 e. The summed E-state index contributed by atoms with van der Waals surface area (Å²) < 4.78 is 12.9. The highest BCUT2D eigenvalue weighted by Crippen LogP contribution is 2.39. The van der Waals surface area contributed by atoms with Crippen LogP contribution < -0.4 is 10.2 Å². The highest BCUT2D eigenvalue weighted by atomic mass is 32.2. The number of hydrogen-bond acceptors (Lipinski definition) is 7. The standard InChI is InChI=1S/C23H25N5O3S/c1-2-31-18-10-8-16(9-11-18)19-20(22(29)27-12-14-30-15-13-27)32-23-25-24-21(28(23)26-19)17-6-4-3-5-7-17/h3-11,19-20,26H,2,12-15H2,1H3/t19-,20-/m0/s1. The fraction of sp³-hybridized carbons (Fsp3) is 0.348. The number of nitrogens with one attached hydrogen (secondary N) is 1. The predicted molar refractivity (Wildman–Crippen MR) is 122 cm³/mol. The van der Waals surface area contributed by atoms with Crippen LogP contribution in [0.15, 0.2) is 59.8 Å². The van der Waals surface area contributed by atoms with E-state index < -0.39 is 0 Å². The first-order chi connectivity index (χ1) is 15.7. The number of hydrogen-bond donors (Lipinski definition) is 1. The van der Waals surface area contributed by atoms with Crippen LogP contribution in [-0.2, 0) is 9.53 Å². The van der Waals surface area contributed by atoms with Crippen molar-refractivity contribution in [3.8, 4) is 17.1 Å². The molecule has 1 saturated heterocycles. The Morgan fingerprint density at radius 3 is 2.59 bits per heavy atom. The number of aromatic nitrogens is 3. The van der Waals surface area contributed by atoms with Gasteiger partial charge in [0.1, 0.15) is 11.0 Å². The molecule has 0 aliphatic carbocycles. The normalized spacial score (nSPS) is 20.3. The number of ether oxygens (including phenoxy) is 2. The summed E-state index contributed by atoms with van der Waals surface area (Å²) in [5, 5.41) is 9.09. The summed E-state index contributed by atoms with van der Waals surface area (Å²) >= 11 is 1.46. The largest absolute Gasteiger partial charge is 0.494 e. The minimum atomic E-state index is -0.369. The second-order valence-electron chi connectivity index (χ2n) is 7.59. The van der Waals surface area contributed by atoms with Crippen molar-refractivity contribution >= 4 is 17.7 Å². The molecule has 1 fully saturated rings. The van der Waals surface area contributed by atoms with E-state index in [1.165, 1.54) is 11.8 Å². The summed E-state index contributed by atoms with van der Waals surface area (Å²) in [6.07, 6.45) is 0. The van der Waals surface area contributed by atoms with Gasteiger partial charge in [0, 0.05) is 18.7 Å². The average molecular weight is 452 g/mol. The van der Waals surface area contributed by atoms with Crippen LogP contribution in [0.4, 0.5) is 0 Å². The zero-order valence-electron chi connectivity index (χ0n) is 17.8. The number of morpholine rings is 1. The maximum atomic E-state index is 13.5. The third kappa shape index (κ3) is 4.05. The van der Waals surface area contributed by atoms with Gasteiger partial charge in [0.05, 0.1) is 25.9 Å². The van der Waals surface area contributed by atoms with Crippen molar-refractivity contribution in [3.05, 3.63) is 60.2 Å². The molecule has 3 heterocycles. The SMILES string of the molecule is CCOc1ccc([C@@H]2Nn3c(nnc3-c3ccccc3)S[C@@H]2C(=O)N2CCOCC2)cc1. The molecule has 1 N–H and O–H groups in total. The van der Waals surface area contributed by atoms with Gasteiger partial charge in [-0.15, -0.1) is 10.2 Å². The van der Waals surface area contributed by atoms with Crippen molar-refractivity contribution in [1.82, 2.24) is 19.8 Å². The molecule has 0 spiro atoms. The first-order valence-electron chi connectivity index (χ1n) is 10.8. The molecule has 0 saturated carbocycles. The lowest BCUT2D eigenvalue weighted by atomic mass is 10.0. The fourth-order valence-corrected chi connectivity index (χ4v) is 5.13. The third-order valence-corrected chi connectivity index (χ3v) is 6.79. The van der Waals surface area contributed by atoms with Crippen LogP contribution in [0.25, 0.3) is 11.4 Å². The van der Waals surface area contributed by atoms with Gasteiger partial charge in [0.2, 0.25) is 11.1 Å². The lowest BCUT2D eigenvalue weighted by molar-refractivity contribution is -0.135. The molecule has 1 aromatic heterocycles. The quantitative estimate of drug-likeness (QED) is 0.639. The molecule has 0 unspecified atom stereocenters. The van der Waals surface area contributed by atoms with E-state index in [2.05, 4.69) is 15.6 Å². The van der Waals surface area contributed by atoms with Crippen molar-refractivity contribution < 1.29 is 14.3 Å². The van der Waals surface area contributed by atoms with Gasteiger partial charge in [0.15, 0.2) is 5.82 Å². The molecule has 0 radical (unpaired) electrons. The Morgan fingerprint density at radius 1 is 1.12 bits per heavy atom. The number of amides is 1. The highest BCUT2D eigenvalue weighted by molar-refractivity contribution is 8.00. The van der Waals surface area contributed by atoms with E-state index in [0.29, 0.717) is 38.1 Å². The summed E-state index contributed by atoms with van der Waals surface area (Å²) in [7, 11) is 0. The number of carbonyl (C=O) groups is 1. The van der Waals surface area contributed by atoms with Crippen molar-refractivity contribution in [1.29, 1.82) is 0 Å². The van der Waals surface area contributed by atoms with Crippen LogP contribution in [0.3, 0.4) is 0 Å². The third-order valence-electron chi connectivity index (χ3n) is 5.59. The Bertz CT molecular complexity index is 1070. The molecule has 0 bridgehead atoms. The van der Waals surface area contributed by atoms with E-state index >= 15 is 0 Å². The lowest BCUT2D eigenvalue weighted by Crippen LogP contribution is -2.49. The molecule has 5 rings (SSSR count). The molecule has 2 aliphatic heterocycles. The number of benzene rings is 2. The highest BCUT2D eigenvalue weighted by Gasteiger charge is 2.40. The van der Waals surface area contributed by atoms with Gasteiger partial charge in [-0.05, 0) is 24.6 Å². The molecule has 3 aromatic rings. The molecular formula is C23H25N5O3S. The van der Waals surface area contributed by atoms with E-state index in [9.17, 15) is 4.79 Å². The van der Waals surface area contributed by atoms with Crippen molar-refractivity contribution in [3.63, 3.8) is 0 Å².